The second-order valence-corrected chi connectivity index (χ2v) is 10.1. The zero-order valence-corrected chi connectivity index (χ0v) is 21.4. The molecule has 2 aliphatic rings. The van der Waals surface area contributed by atoms with Crippen LogP contribution in [-0.4, -0.2) is 68.7 Å². The Kier molecular flexibility index (Phi) is 8.68. The highest BCUT2D eigenvalue weighted by molar-refractivity contribution is 6.58. The van der Waals surface area contributed by atoms with Gasteiger partial charge in [0.05, 0.1) is 36.8 Å². The van der Waals surface area contributed by atoms with E-state index in [9.17, 15) is 44.5 Å². The minimum absolute atomic E-state index is 0.0368. The number of anilines is 1. The van der Waals surface area contributed by atoms with Crippen molar-refractivity contribution in [3.8, 4) is 5.75 Å². The monoisotopic (exact) mass is 539 g/mol. The van der Waals surface area contributed by atoms with Gasteiger partial charge in [0.15, 0.2) is 11.6 Å². The first kappa shape index (κ1) is 28.7. The fourth-order valence-corrected chi connectivity index (χ4v) is 5.67. The molecule has 2 amide bonds. The average Bonchev–Trinajstić information content (AvgIpc) is 3.17. The number of halogens is 1. The molecule has 1 fully saturated rings. The smallest absolute Gasteiger partial charge is 0.488 e. The van der Waals surface area contributed by atoms with Gasteiger partial charge in [0.25, 0.3) is 0 Å². The summed E-state index contributed by atoms with van der Waals surface area (Å²) in [6, 6.07) is 9.75. The van der Waals surface area contributed by atoms with Crippen LogP contribution in [0, 0.1) is 23.6 Å². The van der Waals surface area contributed by atoms with Crippen LogP contribution in [0.15, 0.2) is 59.2 Å². The lowest BCUT2D eigenvalue weighted by Crippen LogP contribution is -2.39. The molecular weight excluding hydrogens is 508 g/mol. The topological polar surface area (TPSA) is 159 Å². The number of rotatable bonds is 9. The van der Waals surface area contributed by atoms with Gasteiger partial charge in [-0.3, -0.25) is 14.5 Å². The van der Waals surface area contributed by atoms with E-state index in [1.165, 1.54) is 36.4 Å². The number of phenols is 1. The fraction of sp³-hybridized carbons (Fsp3) is 0.357. The first-order valence-corrected chi connectivity index (χ1v) is 12.7. The number of hydrogen-bond acceptors (Lipinski definition) is 8. The van der Waals surface area contributed by atoms with E-state index in [0.717, 1.165) is 10.5 Å². The summed E-state index contributed by atoms with van der Waals surface area (Å²) >= 11 is 0. The van der Waals surface area contributed by atoms with Gasteiger partial charge in [0.2, 0.25) is 11.8 Å². The summed E-state index contributed by atoms with van der Waals surface area (Å²) in [6.07, 6.45) is 1.21. The van der Waals surface area contributed by atoms with E-state index in [-0.39, 0.29) is 24.0 Å². The summed E-state index contributed by atoms with van der Waals surface area (Å²) in [5.74, 6) is -4.99. The predicted molar refractivity (Wildman–Crippen MR) is 142 cm³/mol. The summed E-state index contributed by atoms with van der Waals surface area (Å²) in [5, 5.41) is 60.0. The van der Waals surface area contributed by atoms with E-state index < -0.39 is 67.6 Å². The lowest BCUT2D eigenvalue weighted by atomic mass is 9.68. The zero-order chi connectivity index (χ0) is 28.4. The summed E-state index contributed by atoms with van der Waals surface area (Å²) < 4.78 is 13.7. The third kappa shape index (κ3) is 5.68. The van der Waals surface area contributed by atoms with Crippen molar-refractivity contribution in [3.63, 3.8) is 0 Å². The number of aliphatic hydroxyl groups excluding tert-OH is 3. The minimum Gasteiger partial charge on any atom is -0.505 e. The summed E-state index contributed by atoms with van der Waals surface area (Å²) in [4.78, 5) is 27.8. The van der Waals surface area contributed by atoms with Gasteiger partial charge in [-0.05, 0) is 72.6 Å². The van der Waals surface area contributed by atoms with E-state index in [1.807, 2.05) is 0 Å². The van der Waals surface area contributed by atoms with Gasteiger partial charge in [-0.2, -0.15) is 0 Å². The van der Waals surface area contributed by atoms with Crippen molar-refractivity contribution in [2.24, 2.45) is 17.8 Å². The van der Waals surface area contributed by atoms with Crippen molar-refractivity contribution in [1.29, 1.82) is 0 Å². The van der Waals surface area contributed by atoms with Gasteiger partial charge in [0.1, 0.15) is 0 Å². The molecule has 4 rings (SSSR count). The van der Waals surface area contributed by atoms with E-state index >= 15 is 0 Å². The number of fused-ring (bicyclic) bond motifs is 1. The van der Waals surface area contributed by atoms with Crippen LogP contribution in [-0.2, 0) is 9.59 Å². The molecule has 4 atom stereocenters. The van der Waals surface area contributed by atoms with E-state index in [4.69, 9.17) is 0 Å². The van der Waals surface area contributed by atoms with Crippen LogP contribution in [0.5, 0.6) is 5.75 Å². The summed E-state index contributed by atoms with van der Waals surface area (Å²) in [6.45, 7) is 0.815. The summed E-state index contributed by atoms with van der Waals surface area (Å²) in [7, 11) is -1.79. The molecule has 0 bridgehead atoms. The van der Waals surface area contributed by atoms with Crippen LogP contribution in [0.3, 0.4) is 0 Å². The molecule has 6 N–H and O–H groups in total. The van der Waals surface area contributed by atoms with Crippen LogP contribution in [0.25, 0.3) is 6.08 Å². The molecular formula is C28H31BFNO8. The normalized spacial score (nSPS) is 22.4. The quantitative estimate of drug-likeness (QED) is 0.156. The maximum Gasteiger partial charge on any atom is 0.488 e. The average molecular weight is 539 g/mol. The Hall–Kier alpha value is -3.35. The predicted octanol–water partition coefficient (Wildman–Crippen LogP) is 0.862. The van der Waals surface area contributed by atoms with Crippen LogP contribution in [0.2, 0.25) is 0 Å². The highest BCUT2D eigenvalue weighted by Gasteiger charge is 2.55. The second-order valence-electron chi connectivity index (χ2n) is 10.1. The number of imide groups is 1. The lowest BCUT2D eigenvalue weighted by Gasteiger charge is -2.36. The number of nitrogens with zero attached hydrogens (tertiary/aromatic N) is 1. The van der Waals surface area contributed by atoms with Gasteiger partial charge in [-0.15, -0.1) is 0 Å². The molecule has 39 heavy (non-hydrogen) atoms. The zero-order valence-electron chi connectivity index (χ0n) is 21.4. The summed E-state index contributed by atoms with van der Waals surface area (Å²) in [5.41, 5.74) is 2.35. The molecule has 0 spiro atoms. The van der Waals surface area contributed by atoms with Crippen LogP contribution in [0.1, 0.15) is 31.7 Å². The van der Waals surface area contributed by atoms with Gasteiger partial charge in [0, 0.05) is 5.92 Å². The molecule has 0 aromatic heterocycles. The highest BCUT2D eigenvalue weighted by Crippen LogP contribution is 2.47. The Bertz CT molecular complexity index is 1330. The number of allylic oxidation sites excluding steroid dienone is 1. The van der Waals surface area contributed by atoms with E-state index in [1.54, 1.807) is 19.1 Å². The maximum atomic E-state index is 13.7. The van der Waals surface area contributed by atoms with Gasteiger partial charge in [-0.25, -0.2) is 4.39 Å². The van der Waals surface area contributed by atoms with Gasteiger partial charge < -0.3 is 30.5 Å². The molecule has 1 heterocycles. The van der Waals surface area contributed by atoms with Crippen LogP contribution in [0.4, 0.5) is 10.1 Å². The third-order valence-corrected chi connectivity index (χ3v) is 7.55. The Morgan fingerprint density at radius 2 is 1.90 bits per heavy atom. The molecule has 1 saturated heterocycles. The number of phenolic OH excluding ortho intramolecular Hbond substituents is 1. The number of benzene rings is 2. The van der Waals surface area contributed by atoms with E-state index in [0.29, 0.717) is 23.1 Å². The van der Waals surface area contributed by atoms with Crippen molar-refractivity contribution in [2.45, 2.75) is 32.3 Å². The molecule has 11 heteroatoms. The Morgan fingerprint density at radius 3 is 2.54 bits per heavy atom. The van der Waals surface area contributed by atoms with Crippen molar-refractivity contribution < 1.29 is 44.5 Å². The van der Waals surface area contributed by atoms with Crippen molar-refractivity contribution in [3.05, 3.63) is 70.6 Å². The molecule has 0 unspecified atom stereocenters. The Balaban J connectivity index is 1.57. The van der Waals surface area contributed by atoms with Crippen molar-refractivity contribution in [1.82, 2.24) is 0 Å². The number of aromatic hydroxyl groups is 1. The second kappa shape index (κ2) is 11.8. The maximum absolute atomic E-state index is 13.7. The highest BCUT2D eigenvalue weighted by atomic mass is 19.1. The van der Waals surface area contributed by atoms with Crippen molar-refractivity contribution in [2.75, 3.05) is 18.1 Å². The van der Waals surface area contributed by atoms with E-state index in [2.05, 4.69) is 0 Å². The number of amides is 2. The Morgan fingerprint density at radius 1 is 1.15 bits per heavy atom. The molecule has 2 aromatic carbocycles. The molecule has 1 aliphatic heterocycles. The molecule has 9 nitrogen and oxygen atoms in total. The number of aliphatic hydroxyl groups is 3. The standard InChI is InChI=1S/C28H31BFNO8/c1-15(9-16-6-8-23(34)22(30)10-16)5-7-24(35)25-17(13-32)11-20-26(21(25)14-33)28(37)31(27(20)36)19-4-2-3-18(12-19)29(38)39/h2-4,6,8-10,12,20-21,24,26,32-35,38-39H,5,7,11,13-14H2,1H3/b15-9+/t20-,21+,24-,26-/m1/s1. The molecule has 0 radical (unpaired) electrons. The molecule has 2 aromatic rings. The SMILES string of the molecule is C/C(=C\c1ccc(O)c(F)c1)CC[C@@H](O)C1=C(CO)C[C@H]2C(=O)N(c3cccc(B(O)O)c3)C(=O)[C@H]2[C@H]1CO. The number of hydrogen-bond donors (Lipinski definition) is 6. The molecule has 206 valence electrons. The largest absolute Gasteiger partial charge is 0.505 e. The fourth-order valence-electron chi connectivity index (χ4n) is 5.67. The third-order valence-electron chi connectivity index (χ3n) is 7.55. The van der Waals surface area contributed by atoms with Gasteiger partial charge in [-0.1, -0.05) is 29.8 Å². The van der Waals surface area contributed by atoms with Crippen LogP contribution < -0.4 is 10.4 Å². The van der Waals surface area contributed by atoms with Gasteiger partial charge >= 0.3 is 7.12 Å². The van der Waals surface area contributed by atoms with Crippen LogP contribution >= 0.6 is 0 Å². The number of carbonyl (C=O) groups excluding carboxylic acids is 2. The molecule has 1 aliphatic carbocycles. The first-order valence-electron chi connectivity index (χ1n) is 12.7. The Labute approximate surface area is 225 Å². The number of carbonyl (C=O) groups is 2. The van der Waals surface area contributed by atoms with Crippen molar-refractivity contribution >= 4 is 36.2 Å². The first-order chi connectivity index (χ1) is 18.6. The molecule has 0 saturated carbocycles. The minimum atomic E-state index is -1.79. The lowest BCUT2D eigenvalue weighted by molar-refractivity contribution is -0.123.